The summed E-state index contributed by atoms with van der Waals surface area (Å²) in [5, 5.41) is 3.58. The van der Waals surface area contributed by atoms with E-state index in [1.54, 1.807) is 7.11 Å². The van der Waals surface area contributed by atoms with Crippen LogP contribution < -0.4 is 10.1 Å². The highest BCUT2D eigenvalue weighted by atomic mass is 16.5. The monoisotopic (exact) mass is 300 g/mol. The van der Waals surface area contributed by atoms with Crippen molar-refractivity contribution in [2.75, 3.05) is 20.2 Å². The summed E-state index contributed by atoms with van der Waals surface area (Å²) in [5.41, 5.74) is 3.85. The van der Waals surface area contributed by atoms with E-state index in [-0.39, 0.29) is 12.0 Å². The minimum absolute atomic E-state index is 0.200. The van der Waals surface area contributed by atoms with E-state index >= 15 is 0 Å². The Hall–Kier alpha value is -1.55. The second kappa shape index (κ2) is 5.27. The minimum Gasteiger partial charge on any atom is -0.496 e. The summed E-state index contributed by atoms with van der Waals surface area (Å²) < 4.78 is 5.46. The molecule has 1 N–H and O–H groups in total. The second-order valence-corrected chi connectivity index (χ2v) is 6.86. The zero-order valence-electron chi connectivity index (χ0n) is 13.4. The quantitative estimate of drug-likeness (QED) is 0.864. The Bertz CT molecular complexity index is 613. The number of amides is 1. The molecule has 3 atom stereocenters. The third-order valence-corrected chi connectivity index (χ3v) is 5.68. The van der Waals surface area contributed by atoms with Gasteiger partial charge >= 0.3 is 0 Å². The van der Waals surface area contributed by atoms with E-state index in [1.807, 2.05) is 0 Å². The fourth-order valence-electron chi connectivity index (χ4n) is 4.53. The molecule has 3 heterocycles. The number of benzene rings is 1. The van der Waals surface area contributed by atoms with Gasteiger partial charge in [-0.05, 0) is 61.9 Å². The third kappa shape index (κ3) is 2.04. The van der Waals surface area contributed by atoms with Crippen molar-refractivity contribution in [2.45, 2.75) is 44.7 Å². The minimum atomic E-state index is 0.200. The van der Waals surface area contributed by atoms with Crippen molar-refractivity contribution >= 4 is 5.91 Å². The number of fused-ring (bicyclic) bond motifs is 4. The molecule has 3 aliphatic heterocycles. The molecule has 0 spiro atoms. The molecule has 0 bridgehead atoms. The topological polar surface area (TPSA) is 41.6 Å². The average molecular weight is 300 g/mol. The Morgan fingerprint density at radius 2 is 2.23 bits per heavy atom. The van der Waals surface area contributed by atoms with Crippen molar-refractivity contribution in [3.8, 4) is 5.75 Å². The molecule has 0 aliphatic carbocycles. The lowest BCUT2D eigenvalue weighted by Crippen LogP contribution is -2.57. The summed E-state index contributed by atoms with van der Waals surface area (Å²) in [4.78, 5) is 15.0. The summed E-state index contributed by atoms with van der Waals surface area (Å²) in [6.45, 7) is 3.99. The molecule has 2 saturated heterocycles. The van der Waals surface area contributed by atoms with Crippen LogP contribution in [-0.2, 0) is 11.2 Å². The molecule has 4 nitrogen and oxygen atoms in total. The first-order valence-corrected chi connectivity index (χ1v) is 8.40. The number of hydrogen-bond donors (Lipinski definition) is 1. The number of nitrogens with one attached hydrogen (secondary N) is 1. The van der Waals surface area contributed by atoms with E-state index in [0.29, 0.717) is 11.9 Å². The number of ether oxygens (including phenoxy) is 1. The van der Waals surface area contributed by atoms with Gasteiger partial charge in [0.25, 0.3) is 0 Å². The number of carbonyl (C=O) groups is 1. The molecule has 1 aromatic carbocycles. The maximum Gasteiger partial charge on any atom is 0.227 e. The number of carbonyl (C=O) groups excluding carboxylic acids is 1. The van der Waals surface area contributed by atoms with E-state index in [0.717, 1.165) is 50.1 Å². The van der Waals surface area contributed by atoms with Gasteiger partial charge in [0.1, 0.15) is 5.75 Å². The second-order valence-electron chi connectivity index (χ2n) is 6.86. The summed E-state index contributed by atoms with van der Waals surface area (Å²) >= 11 is 0. The van der Waals surface area contributed by atoms with Crippen LogP contribution in [0.25, 0.3) is 0 Å². The summed E-state index contributed by atoms with van der Waals surface area (Å²) in [6, 6.07) is 5.01. The molecule has 22 heavy (non-hydrogen) atoms. The predicted octanol–water partition coefficient (Wildman–Crippen LogP) is 2.20. The Kier molecular flexibility index (Phi) is 3.37. The van der Waals surface area contributed by atoms with Crippen LogP contribution in [0.4, 0.5) is 0 Å². The molecule has 118 valence electrons. The maximum atomic E-state index is 12.9. The fourth-order valence-corrected chi connectivity index (χ4v) is 4.53. The highest BCUT2D eigenvalue weighted by molar-refractivity contribution is 5.81. The molecular formula is C18H24N2O2. The van der Waals surface area contributed by atoms with Gasteiger partial charge in [0, 0.05) is 12.6 Å². The molecule has 0 aromatic heterocycles. The maximum absolute atomic E-state index is 12.9. The molecule has 0 saturated carbocycles. The first kappa shape index (κ1) is 14.1. The van der Waals surface area contributed by atoms with Crippen molar-refractivity contribution in [1.29, 1.82) is 0 Å². The molecule has 1 amide bonds. The number of nitrogens with zero attached hydrogens (tertiary/aromatic N) is 1. The first-order valence-electron chi connectivity index (χ1n) is 8.40. The lowest BCUT2D eigenvalue weighted by atomic mass is 9.76. The van der Waals surface area contributed by atoms with Crippen LogP contribution in [0.5, 0.6) is 5.75 Å². The normalized spacial score (nSPS) is 30.4. The molecule has 3 aliphatic rings. The smallest absolute Gasteiger partial charge is 0.227 e. The van der Waals surface area contributed by atoms with Crippen LogP contribution in [0, 0.1) is 12.8 Å². The molecule has 2 fully saturated rings. The van der Waals surface area contributed by atoms with E-state index in [1.165, 1.54) is 11.1 Å². The van der Waals surface area contributed by atoms with Crippen LogP contribution in [0.15, 0.2) is 12.1 Å². The highest BCUT2D eigenvalue weighted by Gasteiger charge is 2.44. The summed E-state index contributed by atoms with van der Waals surface area (Å²) in [7, 11) is 1.73. The van der Waals surface area contributed by atoms with Gasteiger partial charge in [0.2, 0.25) is 5.91 Å². The van der Waals surface area contributed by atoms with Gasteiger partial charge in [-0.1, -0.05) is 6.07 Å². The number of aryl methyl sites for hydroxylation is 1. The van der Waals surface area contributed by atoms with Crippen LogP contribution in [0.1, 0.15) is 42.0 Å². The van der Waals surface area contributed by atoms with Gasteiger partial charge in [-0.25, -0.2) is 0 Å². The lowest BCUT2D eigenvalue weighted by molar-refractivity contribution is -0.145. The van der Waals surface area contributed by atoms with Crippen molar-refractivity contribution in [2.24, 2.45) is 5.92 Å². The van der Waals surface area contributed by atoms with Gasteiger partial charge in [-0.15, -0.1) is 0 Å². The molecular weight excluding hydrogens is 276 g/mol. The number of hydrogen-bond acceptors (Lipinski definition) is 3. The van der Waals surface area contributed by atoms with Gasteiger partial charge in [0.15, 0.2) is 0 Å². The molecule has 0 radical (unpaired) electrons. The van der Waals surface area contributed by atoms with Crippen LogP contribution >= 0.6 is 0 Å². The van der Waals surface area contributed by atoms with Gasteiger partial charge in [-0.2, -0.15) is 0 Å². The Morgan fingerprint density at radius 3 is 3.05 bits per heavy atom. The Labute approximate surface area is 131 Å². The van der Waals surface area contributed by atoms with Crippen LogP contribution in [0.2, 0.25) is 0 Å². The van der Waals surface area contributed by atoms with Crippen molar-refractivity contribution in [3.05, 3.63) is 28.8 Å². The van der Waals surface area contributed by atoms with E-state index in [9.17, 15) is 4.79 Å². The molecule has 4 rings (SSSR count). The average Bonchev–Trinajstić information content (AvgIpc) is 2.54. The standard InChI is InChI=1S/C18H24N2O2/c1-11-8-14-12(9-17(11)22-2)5-7-20-16(14)10-15-13(18(20)21)4-3-6-19-15/h8-9,13,15-16,19H,3-7,10H2,1-2H3/t13-,15-,16-/m0/s1. The van der Waals surface area contributed by atoms with Crippen molar-refractivity contribution in [1.82, 2.24) is 10.2 Å². The number of rotatable bonds is 1. The van der Waals surface area contributed by atoms with Crippen molar-refractivity contribution < 1.29 is 9.53 Å². The lowest BCUT2D eigenvalue weighted by Gasteiger charge is -2.48. The van der Waals surface area contributed by atoms with E-state index < -0.39 is 0 Å². The van der Waals surface area contributed by atoms with Gasteiger partial charge in [-0.3, -0.25) is 4.79 Å². The van der Waals surface area contributed by atoms with Gasteiger partial charge < -0.3 is 15.0 Å². The summed E-state index contributed by atoms with van der Waals surface area (Å²) in [6.07, 6.45) is 4.17. The molecule has 1 aromatic rings. The Balaban J connectivity index is 1.72. The van der Waals surface area contributed by atoms with Crippen molar-refractivity contribution in [3.63, 3.8) is 0 Å². The van der Waals surface area contributed by atoms with Gasteiger partial charge in [0.05, 0.1) is 19.1 Å². The number of piperidine rings is 2. The zero-order chi connectivity index (χ0) is 15.3. The number of methoxy groups -OCH3 is 1. The van der Waals surface area contributed by atoms with E-state index in [4.69, 9.17) is 4.74 Å². The predicted molar refractivity (Wildman–Crippen MR) is 85.0 cm³/mol. The van der Waals surface area contributed by atoms with Crippen LogP contribution in [-0.4, -0.2) is 37.0 Å². The molecule has 4 heteroatoms. The third-order valence-electron chi connectivity index (χ3n) is 5.68. The first-order chi connectivity index (χ1) is 10.7. The summed E-state index contributed by atoms with van der Waals surface area (Å²) in [5.74, 6) is 1.53. The highest BCUT2D eigenvalue weighted by Crippen LogP contribution is 2.42. The zero-order valence-corrected chi connectivity index (χ0v) is 13.4. The fraction of sp³-hybridized carbons (Fsp3) is 0.611. The Morgan fingerprint density at radius 1 is 1.36 bits per heavy atom. The van der Waals surface area contributed by atoms with E-state index in [2.05, 4.69) is 29.3 Å². The van der Waals surface area contributed by atoms with Crippen LogP contribution in [0.3, 0.4) is 0 Å². The SMILES string of the molecule is COc1cc2c(cc1C)[C@@H]1C[C@@H]3NCCC[C@@H]3C(=O)N1CC2. The largest absolute Gasteiger partial charge is 0.496 e. The molecule has 0 unspecified atom stereocenters.